The van der Waals surface area contributed by atoms with Gasteiger partial charge in [0, 0.05) is 17.5 Å². The Balaban J connectivity index is 2.77. The molecule has 4 nitrogen and oxygen atoms in total. The molecule has 2 unspecified atom stereocenters. The van der Waals surface area contributed by atoms with E-state index in [4.69, 9.17) is 10.8 Å². The minimum absolute atomic E-state index is 0.241. The number of pyridine rings is 1. The van der Waals surface area contributed by atoms with Crippen molar-refractivity contribution in [1.82, 2.24) is 4.98 Å². The molecule has 2 atom stereocenters. The third-order valence-corrected chi connectivity index (χ3v) is 1.89. The van der Waals surface area contributed by atoms with Crippen LogP contribution in [0.4, 0.5) is 0 Å². The molecule has 0 spiro atoms. The van der Waals surface area contributed by atoms with Crippen LogP contribution in [0.1, 0.15) is 17.4 Å². The highest BCUT2D eigenvalue weighted by Crippen LogP contribution is 2.14. The molecule has 0 saturated heterocycles. The lowest BCUT2D eigenvalue weighted by Crippen LogP contribution is -2.31. The van der Waals surface area contributed by atoms with Crippen LogP contribution in [-0.4, -0.2) is 27.8 Å². The van der Waals surface area contributed by atoms with Gasteiger partial charge in [-0.2, -0.15) is 0 Å². The Hall–Kier alpha value is -0.970. The van der Waals surface area contributed by atoms with Crippen molar-refractivity contribution in [1.29, 1.82) is 0 Å². The molecule has 0 aliphatic rings. The third kappa shape index (κ3) is 2.48. The van der Waals surface area contributed by atoms with Crippen molar-refractivity contribution in [3.05, 3.63) is 29.6 Å². The van der Waals surface area contributed by atoms with E-state index in [1.54, 1.807) is 18.3 Å². The largest absolute Gasteiger partial charge is 0.395 e. The average molecular weight is 182 g/mol. The molecule has 0 fully saturated rings. The van der Waals surface area contributed by atoms with Crippen molar-refractivity contribution in [2.75, 3.05) is 6.61 Å². The average Bonchev–Trinajstić information content (AvgIpc) is 2.17. The van der Waals surface area contributed by atoms with Crippen molar-refractivity contribution in [2.24, 2.45) is 5.73 Å². The second-order valence-electron chi connectivity index (χ2n) is 3.02. The normalized spacial score (nSPS) is 15.4. The lowest BCUT2D eigenvalue weighted by Gasteiger charge is -2.16. The van der Waals surface area contributed by atoms with Gasteiger partial charge in [-0.15, -0.1) is 0 Å². The van der Waals surface area contributed by atoms with Crippen LogP contribution < -0.4 is 5.73 Å². The quantitative estimate of drug-likeness (QED) is 0.602. The molecular formula is C9H14N2O2. The van der Waals surface area contributed by atoms with Crippen LogP contribution >= 0.6 is 0 Å². The van der Waals surface area contributed by atoms with Gasteiger partial charge < -0.3 is 15.9 Å². The molecule has 0 aliphatic heterocycles. The van der Waals surface area contributed by atoms with Crippen molar-refractivity contribution < 1.29 is 10.2 Å². The van der Waals surface area contributed by atoms with Gasteiger partial charge in [0.15, 0.2) is 0 Å². The van der Waals surface area contributed by atoms with Crippen LogP contribution in [0, 0.1) is 6.92 Å². The highest BCUT2D eigenvalue weighted by atomic mass is 16.3. The van der Waals surface area contributed by atoms with E-state index < -0.39 is 12.1 Å². The van der Waals surface area contributed by atoms with Gasteiger partial charge in [-0.25, -0.2) is 0 Å². The molecule has 72 valence electrons. The molecule has 4 N–H and O–H groups in total. The Morgan fingerprint density at radius 3 is 2.69 bits per heavy atom. The molecule has 1 aromatic rings. The molecule has 1 heterocycles. The molecule has 0 radical (unpaired) electrons. The number of hydrogen-bond acceptors (Lipinski definition) is 4. The summed E-state index contributed by atoms with van der Waals surface area (Å²) in [6, 6.07) is 2.90. The Bertz CT molecular complexity index is 261. The molecule has 0 amide bonds. The zero-order valence-corrected chi connectivity index (χ0v) is 7.51. The third-order valence-electron chi connectivity index (χ3n) is 1.89. The first-order valence-corrected chi connectivity index (χ1v) is 4.12. The Morgan fingerprint density at radius 1 is 1.54 bits per heavy atom. The molecule has 1 rings (SSSR count). The number of rotatable bonds is 3. The molecule has 0 saturated carbocycles. The van der Waals surface area contributed by atoms with E-state index in [1.165, 1.54) is 0 Å². The van der Waals surface area contributed by atoms with E-state index in [0.29, 0.717) is 5.56 Å². The molecular weight excluding hydrogens is 168 g/mol. The van der Waals surface area contributed by atoms with E-state index in [-0.39, 0.29) is 6.61 Å². The number of nitrogens with zero attached hydrogens (tertiary/aromatic N) is 1. The zero-order chi connectivity index (χ0) is 9.84. The second-order valence-corrected chi connectivity index (χ2v) is 3.02. The Morgan fingerprint density at radius 2 is 2.23 bits per heavy atom. The summed E-state index contributed by atoms with van der Waals surface area (Å²) in [5.74, 6) is 0. The van der Waals surface area contributed by atoms with E-state index in [9.17, 15) is 5.11 Å². The molecule has 0 bridgehead atoms. The summed E-state index contributed by atoms with van der Waals surface area (Å²) in [7, 11) is 0. The summed E-state index contributed by atoms with van der Waals surface area (Å²) >= 11 is 0. The SMILES string of the molecule is Cc1ccc(C(O)C(N)CO)cn1. The fourth-order valence-corrected chi connectivity index (χ4v) is 1.00. The maximum Gasteiger partial charge on any atom is 0.0978 e. The van der Waals surface area contributed by atoms with Gasteiger partial charge in [0.2, 0.25) is 0 Å². The van der Waals surface area contributed by atoms with Gasteiger partial charge in [0.1, 0.15) is 0 Å². The topological polar surface area (TPSA) is 79.4 Å². The predicted octanol–water partition coefficient (Wildman–Crippen LogP) is -0.257. The fraction of sp³-hybridized carbons (Fsp3) is 0.444. The minimum atomic E-state index is -0.849. The Kier molecular flexibility index (Phi) is 3.36. The number of nitrogens with two attached hydrogens (primary N) is 1. The summed E-state index contributed by atoms with van der Waals surface area (Å²) < 4.78 is 0. The van der Waals surface area contributed by atoms with Crippen LogP contribution in [-0.2, 0) is 0 Å². The van der Waals surface area contributed by atoms with Gasteiger partial charge in [0.05, 0.1) is 18.8 Å². The van der Waals surface area contributed by atoms with Gasteiger partial charge in [-0.3, -0.25) is 4.98 Å². The molecule has 1 aromatic heterocycles. The lowest BCUT2D eigenvalue weighted by molar-refractivity contribution is 0.109. The van der Waals surface area contributed by atoms with Crippen LogP contribution in [0.5, 0.6) is 0 Å². The summed E-state index contributed by atoms with van der Waals surface area (Å²) in [4.78, 5) is 4.02. The summed E-state index contributed by atoms with van der Waals surface area (Å²) in [5, 5.41) is 18.3. The van der Waals surface area contributed by atoms with E-state index in [1.807, 2.05) is 6.92 Å². The highest BCUT2D eigenvalue weighted by Gasteiger charge is 2.15. The van der Waals surface area contributed by atoms with Gasteiger partial charge in [-0.1, -0.05) is 6.07 Å². The predicted molar refractivity (Wildman–Crippen MR) is 49.0 cm³/mol. The standard InChI is InChI=1S/C9H14N2O2/c1-6-2-3-7(4-11-6)9(13)8(10)5-12/h2-4,8-9,12-13H,5,10H2,1H3. The second kappa shape index (κ2) is 4.32. The van der Waals surface area contributed by atoms with E-state index >= 15 is 0 Å². The van der Waals surface area contributed by atoms with Crippen molar-refractivity contribution >= 4 is 0 Å². The first kappa shape index (κ1) is 10.1. The van der Waals surface area contributed by atoms with E-state index in [2.05, 4.69) is 4.98 Å². The lowest BCUT2D eigenvalue weighted by atomic mass is 10.1. The van der Waals surface area contributed by atoms with Gasteiger partial charge in [0.25, 0.3) is 0 Å². The number of hydrogen-bond donors (Lipinski definition) is 3. The molecule has 0 aliphatic carbocycles. The van der Waals surface area contributed by atoms with Gasteiger partial charge in [-0.05, 0) is 13.0 Å². The van der Waals surface area contributed by atoms with Crippen LogP contribution in [0.25, 0.3) is 0 Å². The number of aromatic nitrogens is 1. The van der Waals surface area contributed by atoms with Gasteiger partial charge >= 0.3 is 0 Å². The van der Waals surface area contributed by atoms with Crippen molar-refractivity contribution in [3.63, 3.8) is 0 Å². The van der Waals surface area contributed by atoms with Crippen molar-refractivity contribution in [2.45, 2.75) is 19.1 Å². The minimum Gasteiger partial charge on any atom is -0.395 e. The number of aliphatic hydroxyl groups is 2. The van der Waals surface area contributed by atoms with Crippen LogP contribution in [0.3, 0.4) is 0 Å². The summed E-state index contributed by atoms with van der Waals surface area (Å²) in [6.45, 7) is 1.62. The fourth-order valence-electron chi connectivity index (χ4n) is 1.00. The smallest absolute Gasteiger partial charge is 0.0978 e. The monoisotopic (exact) mass is 182 g/mol. The van der Waals surface area contributed by atoms with E-state index in [0.717, 1.165) is 5.69 Å². The van der Waals surface area contributed by atoms with Crippen molar-refractivity contribution in [3.8, 4) is 0 Å². The maximum absolute atomic E-state index is 9.55. The molecule has 0 aromatic carbocycles. The maximum atomic E-state index is 9.55. The number of aryl methyl sites for hydroxylation is 1. The first-order chi connectivity index (χ1) is 6.15. The Labute approximate surface area is 77.0 Å². The van der Waals surface area contributed by atoms with Crippen LogP contribution in [0.15, 0.2) is 18.3 Å². The molecule has 13 heavy (non-hydrogen) atoms. The zero-order valence-electron chi connectivity index (χ0n) is 7.51. The number of aliphatic hydroxyl groups excluding tert-OH is 2. The highest BCUT2D eigenvalue weighted by molar-refractivity contribution is 5.17. The first-order valence-electron chi connectivity index (χ1n) is 4.12. The summed E-state index contributed by atoms with van der Waals surface area (Å²) in [6.07, 6.45) is 0.716. The molecule has 4 heteroatoms. The summed E-state index contributed by atoms with van der Waals surface area (Å²) in [5.41, 5.74) is 6.97. The van der Waals surface area contributed by atoms with Crippen LogP contribution in [0.2, 0.25) is 0 Å².